The van der Waals surface area contributed by atoms with Crippen LogP contribution in [-0.2, 0) is 4.74 Å². The molecule has 0 bridgehead atoms. The molecule has 2 atom stereocenters. The van der Waals surface area contributed by atoms with Crippen molar-refractivity contribution in [2.45, 2.75) is 51.0 Å². The lowest BCUT2D eigenvalue weighted by Gasteiger charge is -2.23. The molecule has 0 saturated carbocycles. The van der Waals surface area contributed by atoms with E-state index in [1.54, 1.807) is 0 Å². The molecule has 2 nitrogen and oxygen atoms in total. The summed E-state index contributed by atoms with van der Waals surface area (Å²) in [6, 6.07) is 0. The predicted molar refractivity (Wildman–Crippen MR) is 67.6 cm³/mol. The van der Waals surface area contributed by atoms with Gasteiger partial charge in [0, 0.05) is 6.61 Å². The Hall–Kier alpha value is -0.340. The molecule has 1 heterocycles. The van der Waals surface area contributed by atoms with E-state index in [-0.39, 0.29) is 0 Å². The van der Waals surface area contributed by atoms with Crippen LogP contribution in [0.1, 0.15) is 44.9 Å². The third-order valence-electron chi connectivity index (χ3n) is 3.73. The number of hydrogen-bond donors (Lipinski definition) is 1. The third-order valence-corrected chi connectivity index (χ3v) is 3.73. The first kappa shape index (κ1) is 12.1. The van der Waals surface area contributed by atoms with E-state index in [4.69, 9.17) is 4.74 Å². The molecule has 0 aromatic heterocycles. The molecular formula is C14H25NO. The number of allylic oxidation sites excluding steroid dienone is 2. The first-order valence-electron chi connectivity index (χ1n) is 6.92. The maximum Gasteiger partial charge on any atom is 0.0587 e. The second-order valence-corrected chi connectivity index (χ2v) is 5.13. The molecule has 1 saturated heterocycles. The summed E-state index contributed by atoms with van der Waals surface area (Å²) in [7, 11) is 0. The molecule has 2 aliphatic rings. The summed E-state index contributed by atoms with van der Waals surface area (Å²) in [5.41, 5.74) is 0. The Labute approximate surface area is 99.4 Å². The topological polar surface area (TPSA) is 21.3 Å². The van der Waals surface area contributed by atoms with Gasteiger partial charge < -0.3 is 10.1 Å². The standard InChI is InChI=1S/C14H25NO/c1-2-6-13(7-3-1)12-15-10-9-14-8-4-5-11-16-14/h1-2,13-15H,3-12H2. The Morgan fingerprint density at radius 1 is 1.19 bits per heavy atom. The van der Waals surface area contributed by atoms with Crippen LogP contribution in [0, 0.1) is 5.92 Å². The van der Waals surface area contributed by atoms with E-state index >= 15 is 0 Å². The summed E-state index contributed by atoms with van der Waals surface area (Å²) in [5.74, 6) is 0.872. The minimum Gasteiger partial charge on any atom is -0.378 e. The first-order chi connectivity index (χ1) is 7.95. The smallest absolute Gasteiger partial charge is 0.0587 e. The van der Waals surface area contributed by atoms with Gasteiger partial charge in [0.25, 0.3) is 0 Å². The van der Waals surface area contributed by atoms with Crippen molar-refractivity contribution in [3.05, 3.63) is 12.2 Å². The highest BCUT2D eigenvalue weighted by molar-refractivity contribution is 4.90. The summed E-state index contributed by atoms with van der Waals surface area (Å²) in [6.45, 7) is 3.31. The summed E-state index contributed by atoms with van der Waals surface area (Å²) in [4.78, 5) is 0. The van der Waals surface area contributed by atoms with Crippen LogP contribution in [0.2, 0.25) is 0 Å². The second kappa shape index (κ2) is 7.08. The lowest BCUT2D eigenvalue weighted by atomic mass is 9.94. The van der Waals surface area contributed by atoms with Gasteiger partial charge in [-0.3, -0.25) is 0 Å². The fourth-order valence-electron chi connectivity index (χ4n) is 2.65. The average molecular weight is 223 g/mol. The second-order valence-electron chi connectivity index (χ2n) is 5.13. The van der Waals surface area contributed by atoms with Crippen molar-refractivity contribution in [3.63, 3.8) is 0 Å². The normalized spacial score (nSPS) is 30.5. The average Bonchev–Trinajstić information content (AvgIpc) is 2.37. The van der Waals surface area contributed by atoms with Crippen molar-refractivity contribution in [3.8, 4) is 0 Å². The lowest BCUT2D eigenvalue weighted by Crippen LogP contribution is -2.28. The van der Waals surface area contributed by atoms with Gasteiger partial charge in [-0.15, -0.1) is 0 Å². The quantitative estimate of drug-likeness (QED) is 0.571. The minimum absolute atomic E-state index is 0.535. The SMILES string of the molecule is C1=CCC(CNCCC2CCCCO2)CC1. The van der Waals surface area contributed by atoms with E-state index in [1.165, 1.54) is 51.5 Å². The molecule has 0 radical (unpaired) electrons. The molecular weight excluding hydrogens is 198 g/mol. The van der Waals surface area contributed by atoms with Gasteiger partial charge >= 0.3 is 0 Å². The van der Waals surface area contributed by atoms with E-state index in [2.05, 4.69) is 17.5 Å². The van der Waals surface area contributed by atoms with Crippen LogP contribution < -0.4 is 5.32 Å². The van der Waals surface area contributed by atoms with Gasteiger partial charge in [0.15, 0.2) is 0 Å². The Morgan fingerprint density at radius 3 is 2.94 bits per heavy atom. The first-order valence-corrected chi connectivity index (χ1v) is 6.92. The highest BCUT2D eigenvalue weighted by Crippen LogP contribution is 2.17. The number of hydrogen-bond acceptors (Lipinski definition) is 2. The van der Waals surface area contributed by atoms with Crippen LogP contribution >= 0.6 is 0 Å². The minimum atomic E-state index is 0.535. The molecule has 2 unspecified atom stereocenters. The van der Waals surface area contributed by atoms with Crippen molar-refractivity contribution in [2.24, 2.45) is 5.92 Å². The maximum absolute atomic E-state index is 5.72. The molecule has 0 aromatic carbocycles. The van der Waals surface area contributed by atoms with Crippen molar-refractivity contribution in [2.75, 3.05) is 19.7 Å². The van der Waals surface area contributed by atoms with Crippen LogP contribution in [0.3, 0.4) is 0 Å². The fourth-order valence-corrected chi connectivity index (χ4v) is 2.65. The van der Waals surface area contributed by atoms with Gasteiger partial charge in [-0.25, -0.2) is 0 Å². The van der Waals surface area contributed by atoms with Crippen molar-refractivity contribution < 1.29 is 4.74 Å². The molecule has 0 aromatic rings. The third kappa shape index (κ3) is 4.26. The summed E-state index contributed by atoms with van der Waals surface area (Å²) in [6.07, 6.45) is 14.2. The molecule has 0 amide bonds. The maximum atomic E-state index is 5.72. The Kier molecular flexibility index (Phi) is 5.36. The number of rotatable bonds is 5. The molecule has 92 valence electrons. The number of nitrogens with one attached hydrogen (secondary N) is 1. The van der Waals surface area contributed by atoms with Crippen LogP contribution in [0.15, 0.2) is 12.2 Å². The molecule has 1 fully saturated rings. The van der Waals surface area contributed by atoms with Gasteiger partial charge in [-0.2, -0.15) is 0 Å². The highest BCUT2D eigenvalue weighted by Gasteiger charge is 2.13. The highest BCUT2D eigenvalue weighted by atomic mass is 16.5. The Morgan fingerprint density at radius 2 is 2.19 bits per heavy atom. The van der Waals surface area contributed by atoms with E-state index in [0.29, 0.717) is 6.10 Å². The fraction of sp³-hybridized carbons (Fsp3) is 0.857. The Balaban J connectivity index is 1.49. The van der Waals surface area contributed by atoms with E-state index in [0.717, 1.165) is 19.1 Å². The zero-order chi connectivity index (χ0) is 11.1. The van der Waals surface area contributed by atoms with Gasteiger partial charge in [0.2, 0.25) is 0 Å². The largest absolute Gasteiger partial charge is 0.378 e. The van der Waals surface area contributed by atoms with Gasteiger partial charge in [0.05, 0.1) is 6.10 Å². The summed E-state index contributed by atoms with van der Waals surface area (Å²) in [5, 5.41) is 3.59. The van der Waals surface area contributed by atoms with Crippen LogP contribution in [0.5, 0.6) is 0 Å². The molecule has 16 heavy (non-hydrogen) atoms. The van der Waals surface area contributed by atoms with E-state index in [9.17, 15) is 0 Å². The Bertz CT molecular complexity index is 209. The predicted octanol–water partition coefficient (Wildman–Crippen LogP) is 2.89. The van der Waals surface area contributed by atoms with Gasteiger partial charge in [-0.05, 0) is 64.0 Å². The monoisotopic (exact) mass is 223 g/mol. The molecule has 0 spiro atoms. The van der Waals surface area contributed by atoms with E-state index in [1.807, 2.05) is 0 Å². The molecule has 1 N–H and O–H groups in total. The van der Waals surface area contributed by atoms with Gasteiger partial charge in [0.1, 0.15) is 0 Å². The number of ether oxygens (including phenoxy) is 1. The molecule has 1 aliphatic carbocycles. The van der Waals surface area contributed by atoms with Crippen molar-refractivity contribution in [1.29, 1.82) is 0 Å². The van der Waals surface area contributed by atoms with Crippen molar-refractivity contribution >= 4 is 0 Å². The van der Waals surface area contributed by atoms with Crippen LogP contribution in [0.4, 0.5) is 0 Å². The summed E-state index contributed by atoms with van der Waals surface area (Å²) < 4.78 is 5.72. The van der Waals surface area contributed by atoms with Crippen molar-refractivity contribution in [1.82, 2.24) is 5.32 Å². The lowest BCUT2D eigenvalue weighted by molar-refractivity contribution is 0.0114. The summed E-state index contributed by atoms with van der Waals surface area (Å²) >= 11 is 0. The zero-order valence-electron chi connectivity index (χ0n) is 10.3. The van der Waals surface area contributed by atoms with Crippen LogP contribution in [0.25, 0.3) is 0 Å². The van der Waals surface area contributed by atoms with E-state index < -0.39 is 0 Å². The molecule has 2 heteroatoms. The zero-order valence-corrected chi connectivity index (χ0v) is 10.3. The molecule has 2 rings (SSSR count). The molecule has 1 aliphatic heterocycles. The van der Waals surface area contributed by atoms with Gasteiger partial charge in [-0.1, -0.05) is 12.2 Å². The van der Waals surface area contributed by atoms with Crippen LogP contribution in [-0.4, -0.2) is 25.8 Å².